The zero-order chi connectivity index (χ0) is 14.4. The SMILES string of the molecule is N#CCN(CC#N)C(=O)c1cc2c(s1)CCCCCC2. The summed E-state index contributed by atoms with van der Waals surface area (Å²) in [5.41, 5.74) is 1.28. The number of aryl methyl sites for hydroxylation is 2. The Morgan fingerprint density at radius 1 is 1.15 bits per heavy atom. The summed E-state index contributed by atoms with van der Waals surface area (Å²) in [6, 6.07) is 5.85. The van der Waals surface area contributed by atoms with Gasteiger partial charge in [-0.05, 0) is 37.3 Å². The highest BCUT2D eigenvalue weighted by atomic mass is 32.1. The molecule has 20 heavy (non-hydrogen) atoms. The molecule has 1 heterocycles. The van der Waals surface area contributed by atoms with Gasteiger partial charge in [0.25, 0.3) is 5.91 Å². The van der Waals surface area contributed by atoms with Crippen LogP contribution in [0, 0.1) is 22.7 Å². The molecular formula is C15H17N3OS. The molecule has 1 aliphatic carbocycles. The van der Waals surface area contributed by atoms with Crippen molar-refractivity contribution < 1.29 is 4.79 Å². The van der Waals surface area contributed by atoms with Crippen molar-refractivity contribution in [3.63, 3.8) is 0 Å². The van der Waals surface area contributed by atoms with Crippen LogP contribution in [0.3, 0.4) is 0 Å². The molecule has 1 aromatic rings. The average Bonchev–Trinajstić information content (AvgIpc) is 2.80. The number of rotatable bonds is 3. The van der Waals surface area contributed by atoms with Crippen LogP contribution in [0.25, 0.3) is 0 Å². The highest BCUT2D eigenvalue weighted by Crippen LogP contribution is 2.29. The van der Waals surface area contributed by atoms with Gasteiger partial charge in [-0.2, -0.15) is 10.5 Å². The Morgan fingerprint density at radius 3 is 2.45 bits per heavy atom. The van der Waals surface area contributed by atoms with Crippen LogP contribution in [0.15, 0.2) is 6.07 Å². The van der Waals surface area contributed by atoms with E-state index >= 15 is 0 Å². The Bertz CT molecular complexity index is 523. The van der Waals surface area contributed by atoms with Crippen molar-refractivity contribution in [3.05, 3.63) is 21.4 Å². The van der Waals surface area contributed by atoms with E-state index in [-0.39, 0.29) is 19.0 Å². The van der Waals surface area contributed by atoms with Crippen LogP contribution in [0.5, 0.6) is 0 Å². The van der Waals surface area contributed by atoms with Crippen LogP contribution in [0.4, 0.5) is 0 Å². The lowest BCUT2D eigenvalue weighted by Gasteiger charge is -2.14. The van der Waals surface area contributed by atoms with E-state index in [0.717, 1.165) is 12.8 Å². The average molecular weight is 287 g/mol. The monoisotopic (exact) mass is 287 g/mol. The van der Waals surface area contributed by atoms with E-state index in [1.807, 2.05) is 18.2 Å². The van der Waals surface area contributed by atoms with E-state index in [9.17, 15) is 4.79 Å². The topological polar surface area (TPSA) is 67.9 Å². The summed E-state index contributed by atoms with van der Waals surface area (Å²) in [7, 11) is 0. The van der Waals surface area contributed by atoms with Crippen LogP contribution in [-0.4, -0.2) is 23.9 Å². The predicted molar refractivity (Wildman–Crippen MR) is 77.3 cm³/mol. The van der Waals surface area contributed by atoms with Gasteiger partial charge in [-0.25, -0.2) is 0 Å². The van der Waals surface area contributed by atoms with Gasteiger partial charge in [-0.15, -0.1) is 11.3 Å². The summed E-state index contributed by atoms with van der Waals surface area (Å²) in [6.07, 6.45) is 6.96. The highest BCUT2D eigenvalue weighted by Gasteiger charge is 2.20. The first-order chi connectivity index (χ1) is 9.76. The first-order valence-corrected chi connectivity index (χ1v) is 7.72. The van der Waals surface area contributed by atoms with Crippen molar-refractivity contribution in [2.75, 3.05) is 13.1 Å². The molecule has 0 fully saturated rings. The maximum Gasteiger partial charge on any atom is 0.265 e. The molecular weight excluding hydrogens is 270 g/mol. The van der Waals surface area contributed by atoms with Gasteiger partial charge in [0.1, 0.15) is 13.1 Å². The summed E-state index contributed by atoms with van der Waals surface area (Å²) in [4.78, 5) is 15.6. The third kappa shape index (κ3) is 3.37. The maximum atomic E-state index is 12.3. The van der Waals surface area contributed by atoms with Crippen LogP contribution >= 0.6 is 11.3 Å². The number of hydrogen-bond acceptors (Lipinski definition) is 4. The summed E-state index contributed by atoms with van der Waals surface area (Å²) >= 11 is 1.54. The second-order valence-corrected chi connectivity index (χ2v) is 6.09. The van der Waals surface area contributed by atoms with Gasteiger partial charge in [0.15, 0.2) is 0 Å². The lowest BCUT2D eigenvalue weighted by atomic mass is 10.00. The van der Waals surface area contributed by atoms with Gasteiger partial charge in [0.2, 0.25) is 0 Å². The molecule has 0 atom stereocenters. The molecule has 0 radical (unpaired) electrons. The fourth-order valence-corrected chi connectivity index (χ4v) is 3.70. The zero-order valence-corrected chi connectivity index (χ0v) is 12.2. The Hall–Kier alpha value is -1.85. The normalized spacial score (nSPS) is 14.3. The Labute approximate surface area is 123 Å². The van der Waals surface area contributed by atoms with Gasteiger partial charge in [-0.3, -0.25) is 4.79 Å². The van der Waals surface area contributed by atoms with Gasteiger partial charge < -0.3 is 4.90 Å². The molecule has 0 N–H and O–H groups in total. The fourth-order valence-electron chi connectivity index (χ4n) is 2.48. The molecule has 0 spiro atoms. The molecule has 0 aromatic carbocycles. The first-order valence-electron chi connectivity index (χ1n) is 6.91. The maximum absolute atomic E-state index is 12.3. The summed E-state index contributed by atoms with van der Waals surface area (Å²) < 4.78 is 0. The number of thiophene rings is 1. The van der Waals surface area contributed by atoms with Crippen LogP contribution in [-0.2, 0) is 12.8 Å². The van der Waals surface area contributed by atoms with Crippen LogP contribution in [0.2, 0.25) is 0 Å². The minimum absolute atomic E-state index is 0.0328. The molecule has 1 amide bonds. The summed E-state index contributed by atoms with van der Waals surface area (Å²) in [5, 5.41) is 17.5. The third-order valence-electron chi connectivity index (χ3n) is 3.52. The van der Waals surface area contributed by atoms with E-state index in [4.69, 9.17) is 10.5 Å². The quantitative estimate of drug-likeness (QED) is 0.803. The second-order valence-electron chi connectivity index (χ2n) is 4.95. The second kappa shape index (κ2) is 7.07. The van der Waals surface area contributed by atoms with Crippen molar-refractivity contribution in [1.29, 1.82) is 10.5 Å². The number of hydrogen-bond donors (Lipinski definition) is 0. The molecule has 1 aromatic heterocycles. The number of carbonyl (C=O) groups excluding carboxylic acids is 1. The summed E-state index contributed by atoms with van der Waals surface area (Å²) in [5.74, 6) is -0.190. The molecule has 0 aliphatic heterocycles. The lowest BCUT2D eigenvalue weighted by Crippen LogP contribution is -2.31. The Kier molecular flexibility index (Phi) is 5.15. The molecule has 0 saturated heterocycles. The smallest absolute Gasteiger partial charge is 0.265 e. The van der Waals surface area contributed by atoms with Crippen molar-refractivity contribution >= 4 is 17.2 Å². The van der Waals surface area contributed by atoms with Gasteiger partial charge in [-0.1, -0.05) is 12.8 Å². The molecule has 2 rings (SSSR count). The van der Waals surface area contributed by atoms with Crippen LogP contribution < -0.4 is 0 Å². The minimum atomic E-state index is -0.190. The number of amides is 1. The minimum Gasteiger partial charge on any atom is -0.311 e. The van der Waals surface area contributed by atoms with Crippen molar-refractivity contribution in [2.24, 2.45) is 0 Å². The zero-order valence-electron chi connectivity index (χ0n) is 11.4. The number of fused-ring (bicyclic) bond motifs is 1. The number of nitriles is 2. The predicted octanol–water partition coefficient (Wildman–Crippen LogP) is 2.90. The fraction of sp³-hybridized carbons (Fsp3) is 0.533. The lowest BCUT2D eigenvalue weighted by molar-refractivity contribution is 0.0799. The van der Waals surface area contributed by atoms with Crippen molar-refractivity contribution in [3.8, 4) is 12.1 Å². The van der Waals surface area contributed by atoms with E-state index < -0.39 is 0 Å². The molecule has 5 heteroatoms. The molecule has 4 nitrogen and oxygen atoms in total. The van der Waals surface area contributed by atoms with E-state index in [2.05, 4.69) is 0 Å². The van der Waals surface area contributed by atoms with Crippen molar-refractivity contribution in [1.82, 2.24) is 4.90 Å². The van der Waals surface area contributed by atoms with Gasteiger partial charge >= 0.3 is 0 Å². The van der Waals surface area contributed by atoms with E-state index in [0.29, 0.717) is 4.88 Å². The third-order valence-corrected chi connectivity index (χ3v) is 4.74. The molecule has 0 saturated carbocycles. The first kappa shape index (κ1) is 14.6. The van der Waals surface area contributed by atoms with Crippen molar-refractivity contribution in [2.45, 2.75) is 38.5 Å². The highest BCUT2D eigenvalue weighted by molar-refractivity contribution is 7.14. The van der Waals surface area contributed by atoms with E-state index in [1.54, 1.807) is 0 Å². The molecule has 0 unspecified atom stereocenters. The number of carbonyl (C=O) groups is 1. The van der Waals surface area contributed by atoms with E-state index in [1.165, 1.54) is 52.4 Å². The standard InChI is InChI=1S/C15H17N3OS/c16-7-9-18(10-8-17)15(19)14-11-12-5-3-1-2-4-6-13(12)20-14/h11H,1-6,9-10H2. The molecule has 1 aliphatic rings. The summed E-state index contributed by atoms with van der Waals surface area (Å²) in [6.45, 7) is -0.0656. The Balaban J connectivity index is 2.20. The molecule has 104 valence electrons. The molecule has 0 bridgehead atoms. The van der Waals surface area contributed by atoms with Gasteiger partial charge in [0, 0.05) is 4.88 Å². The van der Waals surface area contributed by atoms with Gasteiger partial charge in [0.05, 0.1) is 17.0 Å². The largest absolute Gasteiger partial charge is 0.311 e. The number of nitrogens with zero attached hydrogens (tertiary/aromatic N) is 3. The Morgan fingerprint density at radius 2 is 1.80 bits per heavy atom. The van der Waals surface area contributed by atoms with Crippen LogP contribution in [0.1, 0.15) is 45.8 Å².